The predicted octanol–water partition coefficient (Wildman–Crippen LogP) is 5.21. The van der Waals surface area contributed by atoms with Gasteiger partial charge in [-0.05, 0) is 98.4 Å². The van der Waals surface area contributed by atoms with Crippen molar-refractivity contribution in [2.45, 2.75) is 63.5 Å². The van der Waals surface area contributed by atoms with Gasteiger partial charge in [-0.1, -0.05) is 29.8 Å². The Kier molecular flexibility index (Phi) is 7.83. The van der Waals surface area contributed by atoms with Crippen molar-refractivity contribution < 1.29 is 17.9 Å². The zero-order chi connectivity index (χ0) is 28.6. The minimum absolute atomic E-state index is 0.0383. The Hall–Kier alpha value is -3.30. The first-order chi connectivity index (χ1) is 19.7. The van der Waals surface area contributed by atoms with E-state index in [1.54, 1.807) is 12.1 Å². The standard InChI is InChI=1S/C31H35ClN4O4S/c1-21-15-27-17-31(37)34-41(38,39)28-11-12-30-29(18-28)35(19-24-8-7-22(24)6-4-14-36(21)33-27)13-3-2-5-23-16-26(32)10-9-25(23)20-40-30/h4,6,9-12,15-16,18,22,24H,2-3,5,7-8,13-14,17,19-20H2,1H3,(H,34,37)/b6-4+/t22-,24+/m1/s1. The van der Waals surface area contributed by atoms with Gasteiger partial charge in [-0.25, -0.2) is 13.1 Å². The van der Waals surface area contributed by atoms with Crippen LogP contribution in [-0.4, -0.2) is 37.2 Å². The first kappa shape index (κ1) is 27.8. The topological polar surface area (TPSA) is 93.5 Å². The van der Waals surface area contributed by atoms with Crippen LogP contribution in [0.4, 0.5) is 5.69 Å². The van der Waals surface area contributed by atoms with E-state index in [9.17, 15) is 13.2 Å². The lowest BCUT2D eigenvalue weighted by Gasteiger charge is -2.40. The van der Waals surface area contributed by atoms with Crippen LogP contribution in [0.15, 0.2) is 59.5 Å². The van der Waals surface area contributed by atoms with Gasteiger partial charge in [0.05, 0.1) is 29.2 Å². The lowest BCUT2D eigenvalue weighted by atomic mass is 9.73. The summed E-state index contributed by atoms with van der Waals surface area (Å²) in [6.07, 6.45) is 9.40. The second-order valence-corrected chi connectivity index (χ2v) is 13.4. The molecule has 2 aromatic carbocycles. The number of ether oxygens (including phenoxy) is 1. The summed E-state index contributed by atoms with van der Waals surface area (Å²) in [5.41, 5.74) is 4.46. The molecule has 1 aromatic heterocycles. The van der Waals surface area contributed by atoms with E-state index in [0.717, 1.165) is 62.1 Å². The highest BCUT2D eigenvalue weighted by molar-refractivity contribution is 7.90. The highest BCUT2D eigenvalue weighted by atomic mass is 35.5. The first-order valence-electron chi connectivity index (χ1n) is 14.3. The number of hydrogen-bond donors (Lipinski definition) is 1. The number of anilines is 1. The van der Waals surface area contributed by atoms with E-state index < -0.39 is 15.9 Å². The Labute approximate surface area is 246 Å². The molecular formula is C31H35ClN4O4S. The molecule has 0 saturated heterocycles. The number of aromatic nitrogens is 2. The number of halogens is 1. The molecular weight excluding hydrogens is 560 g/mol. The van der Waals surface area contributed by atoms with Crippen molar-refractivity contribution in [3.05, 3.63) is 82.2 Å². The number of nitrogens with one attached hydrogen (secondary N) is 1. The van der Waals surface area contributed by atoms with Gasteiger partial charge in [-0.15, -0.1) is 0 Å². The number of allylic oxidation sites excluding steroid dienone is 2. The average molecular weight is 595 g/mol. The van der Waals surface area contributed by atoms with Crippen LogP contribution in [0.3, 0.4) is 0 Å². The molecule has 4 bridgehead atoms. The monoisotopic (exact) mass is 594 g/mol. The Morgan fingerprint density at radius 3 is 2.78 bits per heavy atom. The summed E-state index contributed by atoms with van der Waals surface area (Å²) < 4.78 is 37.3. The van der Waals surface area contributed by atoms with Crippen LogP contribution in [0.25, 0.3) is 0 Å². The third-order valence-corrected chi connectivity index (χ3v) is 10.1. The number of benzene rings is 2. The van der Waals surface area contributed by atoms with Crippen LogP contribution in [0.1, 0.15) is 48.2 Å². The number of hydrogen-bond acceptors (Lipinski definition) is 6. The molecule has 6 rings (SSSR count). The normalized spacial score (nSPS) is 23.4. The third-order valence-electron chi connectivity index (χ3n) is 8.47. The van der Waals surface area contributed by atoms with Crippen molar-refractivity contribution in [1.29, 1.82) is 0 Å². The van der Waals surface area contributed by atoms with Gasteiger partial charge < -0.3 is 9.64 Å². The van der Waals surface area contributed by atoms with Crippen LogP contribution in [0, 0.1) is 18.8 Å². The zero-order valence-electron chi connectivity index (χ0n) is 23.2. The van der Waals surface area contributed by atoms with Gasteiger partial charge in [-0.2, -0.15) is 5.10 Å². The number of fused-ring (bicyclic) bond motifs is 5. The Bertz CT molecular complexity index is 1600. The van der Waals surface area contributed by atoms with Gasteiger partial charge in [0.25, 0.3) is 10.0 Å². The van der Waals surface area contributed by atoms with Crippen molar-refractivity contribution in [2.75, 3.05) is 18.0 Å². The molecule has 1 aliphatic carbocycles. The fraction of sp³-hybridized carbons (Fsp3) is 0.419. The van der Waals surface area contributed by atoms with Crippen LogP contribution < -0.4 is 14.4 Å². The maximum atomic E-state index is 13.4. The van der Waals surface area contributed by atoms with Crippen molar-refractivity contribution >= 4 is 33.2 Å². The van der Waals surface area contributed by atoms with Crippen molar-refractivity contribution in [3.8, 4) is 5.75 Å². The van der Waals surface area contributed by atoms with E-state index in [-0.39, 0.29) is 11.3 Å². The van der Waals surface area contributed by atoms with E-state index in [4.69, 9.17) is 16.3 Å². The molecule has 2 atom stereocenters. The van der Waals surface area contributed by atoms with Crippen LogP contribution in [-0.2, 0) is 40.8 Å². The molecule has 1 fully saturated rings. The molecule has 1 amide bonds. The SMILES string of the molecule is Cc1cc2nn1C/C=C/[C@@H]1CC[C@H]1CN1CCCCc3cc(Cl)ccc3COc3ccc(cc31)S(=O)(=O)NC(=O)C2. The molecule has 3 aromatic rings. The molecule has 3 heterocycles. The smallest absolute Gasteiger partial charge is 0.264 e. The molecule has 0 radical (unpaired) electrons. The fourth-order valence-corrected chi connectivity index (χ4v) is 7.24. The Morgan fingerprint density at radius 1 is 1.07 bits per heavy atom. The molecule has 3 aliphatic rings. The lowest BCUT2D eigenvalue weighted by molar-refractivity contribution is -0.118. The summed E-state index contributed by atoms with van der Waals surface area (Å²) in [6.45, 7) is 4.48. The van der Waals surface area contributed by atoms with E-state index in [0.29, 0.717) is 41.5 Å². The van der Waals surface area contributed by atoms with E-state index >= 15 is 0 Å². The Morgan fingerprint density at radius 2 is 1.95 bits per heavy atom. The molecule has 216 valence electrons. The van der Waals surface area contributed by atoms with Crippen molar-refractivity contribution in [2.24, 2.45) is 11.8 Å². The summed E-state index contributed by atoms with van der Waals surface area (Å²) in [5.74, 6) is 0.908. The van der Waals surface area contributed by atoms with Gasteiger partial charge in [0, 0.05) is 23.8 Å². The molecule has 1 saturated carbocycles. The first-order valence-corrected chi connectivity index (χ1v) is 16.2. The van der Waals surface area contributed by atoms with Gasteiger partial charge >= 0.3 is 0 Å². The summed E-state index contributed by atoms with van der Waals surface area (Å²) in [6, 6.07) is 12.6. The molecule has 0 spiro atoms. The number of amides is 1. The van der Waals surface area contributed by atoms with Gasteiger partial charge in [0.1, 0.15) is 12.4 Å². The lowest BCUT2D eigenvalue weighted by Crippen LogP contribution is -2.38. The van der Waals surface area contributed by atoms with Crippen LogP contribution in [0.2, 0.25) is 5.02 Å². The quantitative estimate of drug-likeness (QED) is 0.359. The van der Waals surface area contributed by atoms with E-state index in [2.05, 4.69) is 26.9 Å². The van der Waals surface area contributed by atoms with E-state index in [1.807, 2.05) is 35.9 Å². The molecule has 8 nitrogen and oxygen atoms in total. The minimum Gasteiger partial charge on any atom is -0.487 e. The zero-order valence-corrected chi connectivity index (χ0v) is 24.8. The molecule has 0 unspecified atom stereocenters. The molecule has 1 N–H and O–H groups in total. The second-order valence-electron chi connectivity index (χ2n) is 11.3. The van der Waals surface area contributed by atoms with Crippen molar-refractivity contribution in [1.82, 2.24) is 14.5 Å². The summed E-state index contributed by atoms with van der Waals surface area (Å²) >= 11 is 6.30. The maximum absolute atomic E-state index is 13.4. The minimum atomic E-state index is -4.11. The van der Waals surface area contributed by atoms with Crippen molar-refractivity contribution in [3.63, 3.8) is 0 Å². The highest BCUT2D eigenvalue weighted by Crippen LogP contribution is 2.40. The van der Waals surface area contributed by atoms with E-state index in [1.165, 1.54) is 11.6 Å². The molecule has 2 aliphatic heterocycles. The van der Waals surface area contributed by atoms with Gasteiger partial charge in [0.2, 0.25) is 5.91 Å². The number of nitrogens with zero attached hydrogens (tertiary/aromatic N) is 3. The summed E-state index contributed by atoms with van der Waals surface area (Å²) in [5, 5.41) is 5.24. The third kappa shape index (κ3) is 6.16. The number of carbonyl (C=O) groups is 1. The largest absolute Gasteiger partial charge is 0.487 e. The number of carbonyl (C=O) groups excluding carboxylic acids is 1. The average Bonchev–Trinajstić information content (AvgIpc) is 3.25. The van der Waals surface area contributed by atoms with Crippen LogP contribution >= 0.6 is 11.6 Å². The summed E-state index contributed by atoms with van der Waals surface area (Å²) in [7, 11) is -4.11. The summed E-state index contributed by atoms with van der Waals surface area (Å²) in [4.78, 5) is 15.1. The van der Waals surface area contributed by atoms with Gasteiger partial charge in [-0.3, -0.25) is 9.48 Å². The van der Waals surface area contributed by atoms with Crippen LogP contribution in [0.5, 0.6) is 5.75 Å². The van der Waals surface area contributed by atoms with Gasteiger partial charge in [0.15, 0.2) is 0 Å². The number of rotatable bonds is 0. The second kappa shape index (κ2) is 11.5. The fourth-order valence-electron chi connectivity index (χ4n) is 6.04. The molecule has 10 heteroatoms. The predicted molar refractivity (Wildman–Crippen MR) is 159 cm³/mol. The number of sulfonamides is 1. The Balaban J connectivity index is 1.38. The highest BCUT2D eigenvalue weighted by Gasteiger charge is 2.32. The number of aryl methyl sites for hydroxylation is 2. The molecule has 41 heavy (non-hydrogen) atoms. The maximum Gasteiger partial charge on any atom is 0.264 e.